The van der Waals surface area contributed by atoms with Crippen LogP contribution in [0.3, 0.4) is 0 Å². The van der Waals surface area contributed by atoms with E-state index in [9.17, 15) is 0 Å². The fourth-order valence-corrected chi connectivity index (χ4v) is 2.08. The smallest absolute Gasteiger partial charge is 0.0936 e. The van der Waals surface area contributed by atoms with E-state index in [4.69, 9.17) is 0 Å². The Labute approximate surface area is 84.2 Å². The monoisotopic (exact) mass is 183 g/mol. The van der Waals surface area contributed by atoms with E-state index in [-0.39, 0.29) is 6.04 Å². The van der Waals surface area contributed by atoms with E-state index in [1.807, 2.05) is 12.3 Å². The second-order valence-electron chi connectivity index (χ2n) is 4.03. The lowest BCUT2D eigenvalue weighted by atomic mass is 9.98. The van der Waals surface area contributed by atoms with Gasteiger partial charge in [0.2, 0.25) is 0 Å². The molecule has 70 valence electrons. The van der Waals surface area contributed by atoms with Gasteiger partial charge >= 0.3 is 0 Å². The van der Waals surface area contributed by atoms with Gasteiger partial charge in [-0.2, -0.15) is 0 Å². The van der Waals surface area contributed by atoms with Gasteiger partial charge in [0, 0.05) is 6.21 Å². The zero-order valence-electron chi connectivity index (χ0n) is 8.06. The van der Waals surface area contributed by atoms with Crippen molar-refractivity contribution in [3.05, 3.63) is 47.5 Å². The standard InChI is InChI=1S/C13H13N/c1-2-5-12(13-6-3-9-14-13)11(4-1)10-7-8-10/h1-6,9-10,13H,7-8H2. The van der Waals surface area contributed by atoms with Crippen molar-refractivity contribution in [3.63, 3.8) is 0 Å². The molecule has 0 spiro atoms. The molecule has 1 aliphatic heterocycles. The predicted octanol–water partition coefficient (Wildman–Crippen LogP) is 3.25. The van der Waals surface area contributed by atoms with E-state index in [0.717, 1.165) is 5.92 Å². The van der Waals surface area contributed by atoms with Gasteiger partial charge in [-0.05, 0) is 36.0 Å². The zero-order chi connectivity index (χ0) is 9.38. The summed E-state index contributed by atoms with van der Waals surface area (Å²) in [6.45, 7) is 0. The molecule has 0 aromatic heterocycles. The average Bonchev–Trinajstić information content (AvgIpc) is 2.94. The number of nitrogens with zero attached hydrogens (tertiary/aromatic N) is 1. The first-order chi connectivity index (χ1) is 6.95. The minimum absolute atomic E-state index is 0.284. The zero-order valence-corrected chi connectivity index (χ0v) is 8.06. The Balaban J connectivity index is 2.02. The molecular formula is C13H13N. The Morgan fingerprint density at radius 3 is 2.50 bits per heavy atom. The van der Waals surface area contributed by atoms with Crippen LogP contribution in [-0.4, -0.2) is 6.21 Å². The number of allylic oxidation sites excluding steroid dienone is 1. The van der Waals surface area contributed by atoms with Crippen LogP contribution < -0.4 is 0 Å². The van der Waals surface area contributed by atoms with Crippen LogP contribution in [0.1, 0.15) is 35.9 Å². The molecule has 1 unspecified atom stereocenters. The molecule has 0 radical (unpaired) electrons. The molecule has 1 aromatic carbocycles. The average molecular weight is 183 g/mol. The maximum Gasteiger partial charge on any atom is 0.0936 e. The molecule has 2 aliphatic rings. The summed E-state index contributed by atoms with van der Waals surface area (Å²) < 4.78 is 0. The van der Waals surface area contributed by atoms with Crippen molar-refractivity contribution in [3.8, 4) is 0 Å². The first kappa shape index (κ1) is 7.98. The maximum atomic E-state index is 4.44. The third-order valence-corrected chi connectivity index (χ3v) is 2.96. The second kappa shape index (κ2) is 3.09. The topological polar surface area (TPSA) is 12.4 Å². The third kappa shape index (κ3) is 1.29. The van der Waals surface area contributed by atoms with Gasteiger partial charge in [-0.3, -0.25) is 4.99 Å². The Morgan fingerprint density at radius 1 is 1.07 bits per heavy atom. The SMILES string of the molecule is C1=CC(c2ccccc2C2CC2)N=C1. The maximum absolute atomic E-state index is 4.44. The molecule has 3 rings (SSSR count). The molecule has 0 bridgehead atoms. The largest absolute Gasteiger partial charge is 0.281 e. The Bertz CT molecular complexity index is 387. The molecular weight excluding hydrogens is 170 g/mol. The van der Waals surface area contributed by atoms with E-state index in [1.165, 1.54) is 24.0 Å². The molecule has 1 fully saturated rings. The lowest BCUT2D eigenvalue weighted by Crippen LogP contribution is -1.95. The molecule has 0 saturated heterocycles. The van der Waals surface area contributed by atoms with Gasteiger partial charge in [0.1, 0.15) is 0 Å². The number of aliphatic imine (C=N–C) groups is 1. The molecule has 0 amide bonds. The summed E-state index contributed by atoms with van der Waals surface area (Å²) >= 11 is 0. The summed E-state index contributed by atoms with van der Waals surface area (Å²) in [5.74, 6) is 0.815. The lowest BCUT2D eigenvalue weighted by molar-refractivity contribution is 0.900. The number of hydrogen-bond donors (Lipinski definition) is 0. The van der Waals surface area contributed by atoms with Crippen LogP contribution in [0.15, 0.2) is 41.4 Å². The Morgan fingerprint density at radius 2 is 1.86 bits per heavy atom. The molecule has 1 aliphatic carbocycles. The van der Waals surface area contributed by atoms with Crippen molar-refractivity contribution in [2.45, 2.75) is 24.8 Å². The van der Waals surface area contributed by atoms with Crippen molar-refractivity contribution < 1.29 is 0 Å². The quantitative estimate of drug-likeness (QED) is 0.667. The Kier molecular flexibility index (Phi) is 1.76. The molecule has 1 aromatic rings. The van der Waals surface area contributed by atoms with E-state index >= 15 is 0 Å². The van der Waals surface area contributed by atoms with Crippen LogP contribution in [0, 0.1) is 0 Å². The van der Waals surface area contributed by atoms with Crippen LogP contribution in [0.4, 0.5) is 0 Å². The van der Waals surface area contributed by atoms with Crippen LogP contribution in [0.25, 0.3) is 0 Å². The molecule has 1 nitrogen and oxygen atoms in total. The van der Waals surface area contributed by atoms with Crippen molar-refractivity contribution >= 4 is 6.21 Å². The summed E-state index contributed by atoms with van der Waals surface area (Å²) in [7, 11) is 0. The number of benzene rings is 1. The summed E-state index contributed by atoms with van der Waals surface area (Å²) in [4.78, 5) is 4.44. The van der Waals surface area contributed by atoms with E-state index in [0.29, 0.717) is 0 Å². The summed E-state index contributed by atoms with van der Waals surface area (Å²) in [5.41, 5.74) is 2.92. The highest BCUT2D eigenvalue weighted by Gasteiger charge is 2.27. The fourth-order valence-electron chi connectivity index (χ4n) is 2.08. The fraction of sp³-hybridized carbons (Fsp3) is 0.308. The highest BCUT2D eigenvalue weighted by atomic mass is 14.8. The van der Waals surface area contributed by atoms with E-state index in [1.54, 1.807) is 0 Å². The minimum Gasteiger partial charge on any atom is -0.281 e. The summed E-state index contributed by atoms with van der Waals surface area (Å²) in [6, 6.07) is 9.01. The lowest BCUT2D eigenvalue weighted by Gasteiger charge is -2.11. The summed E-state index contributed by atoms with van der Waals surface area (Å²) in [5, 5.41) is 0. The van der Waals surface area contributed by atoms with Crippen LogP contribution >= 0.6 is 0 Å². The first-order valence-corrected chi connectivity index (χ1v) is 5.24. The molecule has 1 heteroatoms. The van der Waals surface area contributed by atoms with E-state index < -0.39 is 0 Å². The summed E-state index contributed by atoms with van der Waals surface area (Å²) in [6.07, 6.45) is 8.82. The predicted molar refractivity (Wildman–Crippen MR) is 58.8 cm³/mol. The molecule has 14 heavy (non-hydrogen) atoms. The number of rotatable bonds is 2. The van der Waals surface area contributed by atoms with Gasteiger partial charge in [-0.25, -0.2) is 0 Å². The Hall–Kier alpha value is -1.37. The van der Waals surface area contributed by atoms with Crippen LogP contribution in [0.2, 0.25) is 0 Å². The normalized spacial score (nSPS) is 24.4. The first-order valence-electron chi connectivity index (χ1n) is 5.24. The van der Waals surface area contributed by atoms with Gasteiger partial charge in [-0.1, -0.05) is 30.3 Å². The molecule has 1 heterocycles. The van der Waals surface area contributed by atoms with Crippen molar-refractivity contribution in [2.75, 3.05) is 0 Å². The number of hydrogen-bond acceptors (Lipinski definition) is 1. The van der Waals surface area contributed by atoms with Gasteiger partial charge in [0.25, 0.3) is 0 Å². The van der Waals surface area contributed by atoms with Crippen molar-refractivity contribution in [1.82, 2.24) is 0 Å². The van der Waals surface area contributed by atoms with Gasteiger partial charge < -0.3 is 0 Å². The van der Waals surface area contributed by atoms with Crippen molar-refractivity contribution in [2.24, 2.45) is 4.99 Å². The third-order valence-electron chi connectivity index (χ3n) is 2.96. The van der Waals surface area contributed by atoms with Gasteiger partial charge in [0.05, 0.1) is 6.04 Å². The van der Waals surface area contributed by atoms with Crippen molar-refractivity contribution in [1.29, 1.82) is 0 Å². The molecule has 0 N–H and O–H groups in total. The van der Waals surface area contributed by atoms with E-state index in [2.05, 4.69) is 35.3 Å². The van der Waals surface area contributed by atoms with Crippen LogP contribution in [0.5, 0.6) is 0 Å². The highest BCUT2D eigenvalue weighted by molar-refractivity contribution is 5.74. The molecule has 1 atom stereocenters. The van der Waals surface area contributed by atoms with Crippen LogP contribution in [-0.2, 0) is 0 Å². The highest BCUT2D eigenvalue weighted by Crippen LogP contribution is 2.43. The van der Waals surface area contributed by atoms with Gasteiger partial charge in [-0.15, -0.1) is 0 Å². The minimum atomic E-state index is 0.284. The van der Waals surface area contributed by atoms with Gasteiger partial charge in [0.15, 0.2) is 0 Å². The molecule has 1 saturated carbocycles. The second-order valence-corrected chi connectivity index (χ2v) is 4.03.